The Bertz CT molecular complexity index is 1140. The second-order valence-corrected chi connectivity index (χ2v) is 9.66. The topological polar surface area (TPSA) is 142 Å². The van der Waals surface area contributed by atoms with Crippen LogP contribution >= 0.6 is 23.5 Å². The first-order valence-electron chi connectivity index (χ1n) is 10.4. The van der Waals surface area contributed by atoms with Crippen molar-refractivity contribution in [3.8, 4) is 0 Å². The molecule has 176 valence electrons. The Morgan fingerprint density at radius 2 is 1.76 bits per heavy atom. The summed E-state index contributed by atoms with van der Waals surface area (Å²) in [4.78, 5) is 50.8. The Kier molecular flexibility index (Phi) is 7.25. The van der Waals surface area contributed by atoms with Crippen molar-refractivity contribution in [2.75, 3.05) is 5.75 Å². The second-order valence-electron chi connectivity index (χ2n) is 7.60. The number of carbonyl (C=O) groups is 4. The molecule has 9 nitrogen and oxygen atoms in total. The molecule has 4 rings (SSSR count). The van der Waals surface area contributed by atoms with E-state index in [1.807, 2.05) is 30.3 Å². The molecule has 2 aromatic carbocycles. The van der Waals surface area contributed by atoms with Gasteiger partial charge in [-0.15, -0.1) is 11.8 Å². The standard InChI is InChI=1S/C23H22N4O5S2/c24-16(14-9-5-2-6-10-14)19(28)26-17-20(29)27-18(22(30)31)15(12-33-21(17)27)25-23(32)34-11-13-7-3-1-4-8-13/h1-10,16-17,21H,11-12,24H2,(H,25,32)(H,26,28)(H,30,31)/t16?,17?,21-/m0/s1. The van der Waals surface area contributed by atoms with E-state index >= 15 is 0 Å². The molecule has 2 aliphatic rings. The lowest BCUT2D eigenvalue weighted by Gasteiger charge is -2.49. The molecule has 0 bridgehead atoms. The third kappa shape index (κ3) is 4.96. The average Bonchev–Trinajstić information content (AvgIpc) is 2.86. The summed E-state index contributed by atoms with van der Waals surface area (Å²) < 4.78 is 0. The van der Waals surface area contributed by atoms with E-state index < -0.39 is 40.5 Å². The van der Waals surface area contributed by atoms with Gasteiger partial charge in [-0.3, -0.25) is 19.3 Å². The lowest BCUT2D eigenvalue weighted by Crippen LogP contribution is -2.71. The van der Waals surface area contributed by atoms with Crippen molar-refractivity contribution in [2.45, 2.75) is 23.2 Å². The molecule has 2 aromatic rings. The zero-order chi connectivity index (χ0) is 24.2. The number of nitrogens with two attached hydrogens (primary N) is 1. The smallest absolute Gasteiger partial charge is 0.354 e. The molecule has 0 aliphatic carbocycles. The fraction of sp³-hybridized carbons (Fsp3) is 0.217. The molecule has 0 aromatic heterocycles. The van der Waals surface area contributed by atoms with Crippen LogP contribution < -0.4 is 16.4 Å². The number of carboxylic acid groups (broad SMARTS) is 1. The molecule has 34 heavy (non-hydrogen) atoms. The predicted octanol–water partition coefficient (Wildman–Crippen LogP) is 2.03. The van der Waals surface area contributed by atoms with Gasteiger partial charge in [0.2, 0.25) is 5.91 Å². The first-order valence-corrected chi connectivity index (χ1v) is 12.4. The number of benzene rings is 2. The third-order valence-electron chi connectivity index (χ3n) is 5.38. The van der Waals surface area contributed by atoms with E-state index in [-0.39, 0.29) is 17.1 Å². The van der Waals surface area contributed by atoms with Crippen LogP contribution in [0.3, 0.4) is 0 Å². The summed E-state index contributed by atoms with van der Waals surface area (Å²) in [6.07, 6.45) is 0. The van der Waals surface area contributed by atoms with E-state index in [2.05, 4.69) is 10.6 Å². The quantitative estimate of drug-likeness (QED) is 0.425. The van der Waals surface area contributed by atoms with Gasteiger partial charge in [-0.1, -0.05) is 72.4 Å². The number of fused-ring (bicyclic) bond motifs is 1. The summed E-state index contributed by atoms with van der Waals surface area (Å²) in [5.74, 6) is -1.82. The van der Waals surface area contributed by atoms with Gasteiger partial charge in [0, 0.05) is 11.5 Å². The van der Waals surface area contributed by atoms with Crippen LogP contribution in [0.2, 0.25) is 0 Å². The maximum atomic E-state index is 12.8. The molecule has 2 heterocycles. The van der Waals surface area contributed by atoms with Gasteiger partial charge in [0.15, 0.2) is 5.70 Å². The highest BCUT2D eigenvalue weighted by molar-refractivity contribution is 8.12. The number of nitrogens with zero attached hydrogens (tertiary/aromatic N) is 1. The summed E-state index contributed by atoms with van der Waals surface area (Å²) in [6, 6.07) is 16.3. The lowest BCUT2D eigenvalue weighted by molar-refractivity contribution is -0.150. The van der Waals surface area contributed by atoms with Gasteiger partial charge in [-0.2, -0.15) is 0 Å². The van der Waals surface area contributed by atoms with Crippen LogP contribution in [0.1, 0.15) is 17.2 Å². The number of hydrogen-bond donors (Lipinski definition) is 4. The van der Waals surface area contributed by atoms with E-state index in [9.17, 15) is 24.3 Å². The maximum absolute atomic E-state index is 12.8. The highest BCUT2D eigenvalue weighted by Crippen LogP contribution is 2.40. The van der Waals surface area contributed by atoms with Crippen molar-refractivity contribution in [3.05, 3.63) is 83.2 Å². The van der Waals surface area contributed by atoms with Gasteiger partial charge < -0.3 is 21.5 Å². The van der Waals surface area contributed by atoms with Crippen molar-refractivity contribution in [1.82, 2.24) is 15.5 Å². The number of aliphatic carboxylic acids is 1. The minimum Gasteiger partial charge on any atom is -0.477 e. The number of β-lactam (4-membered cyclic amide) rings is 1. The molecule has 0 radical (unpaired) electrons. The molecule has 2 unspecified atom stereocenters. The number of carboxylic acids is 1. The largest absolute Gasteiger partial charge is 0.477 e. The minimum atomic E-state index is -1.33. The Hall–Kier alpha value is -3.28. The van der Waals surface area contributed by atoms with Gasteiger partial charge in [0.25, 0.3) is 11.1 Å². The van der Waals surface area contributed by atoms with Crippen LogP contribution in [0.25, 0.3) is 0 Å². The number of rotatable bonds is 7. The van der Waals surface area contributed by atoms with Crippen molar-refractivity contribution in [1.29, 1.82) is 0 Å². The van der Waals surface area contributed by atoms with Crippen molar-refractivity contribution in [2.24, 2.45) is 5.73 Å². The van der Waals surface area contributed by atoms with E-state index in [0.717, 1.165) is 22.2 Å². The zero-order valence-electron chi connectivity index (χ0n) is 17.8. The van der Waals surface area contributed by atoms with E-state index in [4.69, 9.17) is 5.73 Å². The molecule has 11 heteroatoms. The summed E-state index contributed by atoms with van der Waals surface area (Å²) in [6.45, 7) is 0. The minimum absolute atomic E-state index is 0.151. The molecule has 2 aliphatic heterocycles. The fourth-order valence-electron chi connectivity index (χ4n) is 3.65. The molecule has 1 saturated heterocycles. The van der Waals surface area contributed by atoms with Crippen LogP contribution in [0.5, 0.6) is 0 Å². The third-order valence-corrected chi connectivity index (χ3v) is 7.50. The molecule has 0 spiro atoms. The van der Waals surface area contributed by atoms with Gasteiger partial charge in [-0.05, 0) is 11.1 Å². The van der Waals surface area contributed by atoms with Crippen molar-refractivity contribution >= 4 is 46.5 Å². The SMILES string of the molecule is NC(C(=O)NC1C(=O)N2C(C(=O)O)=C(NC(=O)SCc3ccccc3)CS[C@@H]12)c1ccccc1. The fourth-order valence-corrected chi connectivity index (χ4v) is 5.62. The van der Waals surface area contributed by atoms with Crippen LogP contribution in [-0.4, -0.2) is 50.2 Å². The molecule has 3 amide bonds. The van der Waals surface area contributed by atoms with Gasteiger partial charge in [0.05, 0.1) is 5.70 Å². The number of amides is 3. The van der Waals surface area contributed by atoms with Crippen molar-refractivity contribution < 1.29 is 24.3 Å². The highest BCUT2D eigenvalue weighted by Gasteiger charge is 2.54. The van der Waals surface area contributed by atoms with Crippen LogP contribution in [0.4, 0.5) is 4.79 Å². The van der Waals surface area contributed by atoms with Gasteiger partial charge in [0.1, 0.15) is 17.5 Å². The highest BCUT2D eigenvalue weighted by atomic mass is 32.2. The Morgan fingerprint density at radius 1 is 1.12 bits per heavy atom. The van der Waals surface area contributed by atoms with E-state index in [1.165, 1.54) is 11.8 Å². The molecular weight excluding hydrogens is 476 g/mol. The zero-order valence-corrected chi connectivity index (χ0v) is 19.5. The summed E-state index contributed by atoms with van der Waals surface area (Å²) in [5.41, 5.74) is 7.44. The van der Waals surface area contributed by atoms with Crippen LogP contribution in [0.15, 0.2) is 72.1 Å². The van der Waals surface area contributed by atoms with Crippen LogP contribution in [-0.2, 0) is 20.1 Å². The number of carbonyl (C=O) groups excluding carboxylic acids is 3. The Labute approximate surface area is 204 Å². The summed E-state index contributed by atoms with van der Waals surface area (Å²) >= 11 is 2.27. The molecular formula is C23H22N4O5S2. The average molecular weight is 499 g/mol. The monoisotopic (exact) mass is 498 g/mol. The van der Waals surface area contributed by atoms with Crippen molar-refractivity contribution in [3.63, 3.8) is 0 Å². The van der Waals surface area contributed by atoms with E-state index in [1.54, 1.807) is 30.3 Å². The first kappa shape index (κ1) is 23.9. The lowest BCUT2D eigenvalue weighted by atomic mass is 10.0. The summed E-state index contributed by atoms with van der Waals surface area (Å²) in [5, 5.41) is 14.0. The number of hydrogen-bond acceptors (Lipinski definition) is 7. The second kappa shape index (κ2) is 10.3. The maximum Gasteiger partial charge on any atom is 0.354 e. The Balaban J connectivity index is 1.41. The number of nitrogens with one attached hydrogen (secondary N) is 2. The van der Waals surface area contributed by atoms with Gasteiger partial charge in [-0.25, -0.2) is 4.79 Å². The first-order chi connectivity index (χ1) is 16.4. The summed E-state index contributed by atoms with van der Waals surface area (Å²) in [7, 11) is 0. The molecule has 3 atom stereocenters. The molecule has 5 N–H and O–H groups in total. The predicted molar refractivity (Wildman–Crippen MR) is 129 cm³/mol. The Morgan fingerprint density at radius 3 is 2.41 bits per heavy atom. The molecule has 1 fully saturated rings. The normalized spacial score (nSPS) is 20.1. The molecule has 0 saturated carbocycles. The van der Waals surface area contributed by atoms with Crippen LogP contribution in [0, 0.1) is 0 Å². The van der Waals surface area contributed by atoms with Gasteiger partial charge >= 0.3 is 5.97 Å². The number of thioether (sulfide) groups is 2. The van der Waals surface area contributed by atoms with E-state index in [0.29, 0.717) is 11.3 Å².